The summed E-state index contributed by atoms with van der Waals surface area (Å²) in [5.74, 6) is 0.413. The van der Waals surface area contributed by atoms with Crippen molar-refractivity contribution in [1.29, 1.82) is 0 Å². The highest BCUT2D eigenvalue weighted by atomic mass is 16.5. The van der Waals surface area contributed by atoms with E-state index in [1.54, 1.807) is 0 Å². The summed E-state index contributed by atoms with van der Waals surface area (Å²) in [7, 11) is 0. The van der Waals surface area contributed by atoms with Crippen molar-refractivity contribution in [1.82, 2.24) is 15.0 Å². The standard InChI is InChI=1S/C19H24N4O4/c1-3-5-10-23-18(25)16(17(24)20-19(23)26)14-11-13(21-22-14)12-8-6-7-9-15(12)27-4-2/h6-9,13,21,25H,3-5,10-11H2,1-2H3,(H,20,24,26)/t13-/m0/s1. The van der Waals surface area contributed by atoms with Crippen LogP contribution in [0.25, 0.3) is 0 Å². The van der Waals surface area contributed by atoms with Crippen molar-refractivity contribution in [2.45, 2.75) is 45.7 Å². The smallest absolute Gasteiger partial charge is 0.331 e. The topological polar surface area (TPSA) is 109 Å². The fourth-order valence-corrected chi connectivity index (χ4v) is 3.18. The largest absolute Gasteiger partial charge is 0.494 e. The van der Waals surface area contributed by atoms with Gasteiger partial charge < -0.3 is 15.3 Å². The minimum Gasteiger partial charge on any atom is -0.494 e. The summed E-state index contributed by atoms with van der Waals surface area (Å²) in [5.41, 5.74) is 3.14. The highest BCUT2D eigenvalue weighted by Gasteiger charge is 2.28. The number of rotatable bonds is 7. The summed E-state index contributed by atoms with van der Waals surface area (Å²) >= 11 is 0. The van der Waals surface area contributed by atoms with Crippen LogP contribution in [0.3, 0.4) is 0 Å². The second kappa shape index (κ2) is 8.11. The van der Waals surface area contributed by atoms with E-state index in [2.05, 4.69) is 15.5 Å². The number of para-hydroxylation sites is 1. The number of nitrogens with zero attached hydrogens (tertiary/aromatic N) is 2. The van der Waals surface area contributed by atoms with Crippen LogP contribution in [0.4, 0.5) is 0 Å². The molecule has 8 heteroatoms. The molecule has 1 aromatic heterocycles. The predicted molar refractivity (Wildman–Crippen MR) is 103 cm³/mol. The van der Waals surface area contributed by atoms with Gasteiger partial charge in [-0.2, -0.15) is 5.10 Å². The zero-order valence-electron chi connectivity index (χ0n) is 15.5. The molecule has 8 nitrogen and oxygen atoms in total. The summed E-state index contributed by atoms with van der Waals surface area (Å²) in [6.07, 6.45) is 1.97. The summed E-state index contributed by atoms with van der Waals surface area (Å²) in [5, 5.41) is 14.8. The number of hydrogen-bond acceptors (Lipinski definition) is 6. The van der Waals surface area contributed by atoms with Gasteiger partial charge in [-0.1, -0.05) is 31.5 Å². The van der Waals surface area contributed by atoms with Crippen LogP contribution in [0.1, 0.15) is 50.3 Å². The first kappa shape index (κ1) is 18.8. The summed E-state index contributed by atoms with van der Waals surface area (Å²) < 4.78 is 6.85. The lowest BCUT2D eigenvalue weighted by molar-refractivity contribution is 0.332. The number of hydrogen-bond donors (Lipinski definition) is 3. The first-order valence-corrected chi connectivity index (χ1v) is 9.17. The van der Waals surface area contributed by atoms with Crippen LogP contribution in [0.15, 0.2) is 39.0 Å². The molecule has 2 aromatic rings. The average Bonchev–Trinajstić information content (AvgIpc) is 3.11. The van der Waals surface area contributed by atoms with Gasteiger partial charge in [-0.05, 0) is 19.4 Å². The highest BCUT2D eigenvalue weighted by Crippen LogP contribution is 2.31. The number of aromatic hydroxyl groups is 1. The van der Waals surface area contributed by atoms with Gasteiger partial charge in [0.2, 0.25) is 5.88 Å². The van der Waals surface area contributed by atoms with Gasteiger partial charge in [0.05, 0.1) is 18.4 Å². The number of ether oxygens (including phenoxy) is 1. The van der Waals surface area contributed by atoms with E-state index in [0.717, 1.165) is 17.7 Å². The number of benzene rings is 1. The molecule has 0 aliphatic carbocycles. The number of nitrogens with one attached hydrogen (secondary N) is 2. The zero-order chi connectivity index (χ0) is 19.4. The molecule has 3 N–H and O–H groups in total. The molecule has 2 heterocycles. The molecule has 3 rings (SSSR count). The number of aromatic nitrogens is 2. The van der Waals surface area contributed by atoms with Crippen LogP contribution in [0.2, 0.25) is 0 Å². The summed E-state index contributed by atoms with van der Waals surface area (Å²) in [6.45, 7) is 4.78. The fraction of sp³-hybridized carbons (Fsp3) is 0.421. The highest BCUT2D eigenvalue weighted by molar-refractivity contribution is 6.03. The van der Waals surface area contributed by atoms with Gasteiger partial charge in [0, 0.05) is 18.5 Å². The van der Waals surface area contributed by atoms with Crippen LogP contribution in [0, 0.1) is 0 Å². The number of aromatic amines is 1. The van der Waals surface area contributed by atoms with E-state index in [4.69, 9.17) is 4.74 Å². The molecule has 0 saturated carbocycles. The molecule has 1 aliphatic rings. The van der Waals surface area contributed by atoms with E-state index < -0.39 is 11.2 Å². The van der Waals surface area contributed by atoms with Crippen LogP contribution in [0.5, 0.6) is 11.6 Å². The molecule has 0 bridgehead atoms. The van der Waals surface area contributed by atoms with Gasteiger partial charge >= 0.3 is 5.69 Å². The van der Waals surface area contributed by atoms with Crippen molar-refractivity contribution in [2.75, 3.05) is 6.61 Å². The van der Waals surface area contributed by atoms with Crippen LogP contribution < -0.4 is 21.4 Å². The number of H-pyrrole nitrogens is 1. The molecule has 0 amide bonds. The van der Waals surface area contributed by atoms with Gasteiger partial charge in [-0.3, -0.25) is 14.3 Å². The maximum atomic E-state index is 12.3. The number of hydrazone groups is 1. The molecule has 1 aromatic carbocycles. The monoisotopic (exact) mass is 372 g/mol. The zero-order valence-corrected chi connectivity index (χ0v) is 15.5. The maximum absolute atomic E-state index is 12.3. The Hall–Kier alpha value is -3.03. The maximum Gasteiger partial charge on any atom is 0.331 e. The molecule has 27 heavy (non-hydrogen) atoms. The van der Waals surface area contributed by atoms with E-state index in [0.29, 0.717) is 31.7 Å². The Labute approximate surface area is 156 Å². The van der Waals surface area contributed by atoms with Crippen LogP contribution in [-0.4, -0.2) is 27.0 Å². The molecule has 1 atom stereocenters. The molecular formula is C19H24N4O4. The van der Waals surface area contributed by atoms with E-state index in [9.17, 15) is 14.7 Å². The lowest BCUT2D eigenvalue weighted by atomic mass is 9.99. The Bertz CT molecular complexity index is 961. The van der Waals surface area contributed by atoms with E-state index in [1.807, 2.05) is 38.1 Å². The minimum atomic E-state index is -0.635. The quantitative estimate of drug-likeness (QED) is 0.688. The van der Waals surface area contributed by atoms with Crippen LogP contribution >= 0.6 is 0 Å². The van der Waals surface area contributed by atoms with Crippen molar-refractivity contribution >= 4 is 5.71 Å². The Balaban J connectivity index is 1.92. The van der Waals surface area contributed by atoms with Gasteiger partial charge in [0.25, 0.3) is 5.56 Å². The van der Waals surface area contributed by atoms with Gasteiger partial charge in [-0.15, -0.1) is 0 Å². The molecule has 0 radical (unpaired) electrons. The van der Waals surface area contributed by atoms with Crippen LogP contribution in [-0.2, 0) is 6.54 Å². The van der Waals surface area contributed by atoms with E-state index >= 15 is 0 Å². The van der Waals surface area contributed by atoms with Crippen molar-refractivity contribution in [3.05, 3.63) is 56.2 Å². The minimum absolute atomic E-state index is 0.0367. The Kier molecular flexibility index (Phi) is 5.63. The predicted octanol–water partition coefficient (Wildman–Crippen LogP) is 1.88. The van der Waals surface area contributed by atoms with E-state index in [-0.39, 0.29) is 17.5 Å². The second-order valence-corrected chi connectivity index (χ2v) is 6.38. The molecule has 0 saturated heterocycles. The summed E-state index contributed by atoms with van der Waals surface area (Å²) in [6, 6.07) is 7.44. The van der Waals surface area contributed by atoms with Crippen molar-refractivity contribution in [3.63, 3.8) is 0 Å². The van der Waals surface area contributed by atoms with Gasteiger partial charge in [-0.25, -0.2) is 4.79 Å². The van der Waals surface area contributed by atoms with E-state index in [1.165, 1.54) is 4.57 Å². The Morgan fingerprint density at radius 1 is 1.30 bits per heavy atom. The molecule has 0 fully saturated rings. The van der Waals surface area contributed by atoms with Gasteiger partial charge in [0.1, 0.15) is 11.3 Å². The molecule has 0 spiro atoms. The third-order valence-electron chi connectivity index (χ3n) is 4.54. The normalized spacial score (nSPS) is 16.1. The second-order valence-electron chi connectivity index (χ2n) is 6.38. The fourth-order valence-electron chi connectivity index (χ4n) is 3.18. The summed E-state index contributed by atoms with van der Waals surface area (Å²) in [4.78, 5) is 26.6. The Morgan fingerprint density at radius 3 is 2.81 bits per heavy atom. The molecule has 1 aliphatic heterocycles. The molecule has 0 unspecified atom stereocenters. The average molecular weight is 372 g/mol. The van der Waals surface area contributed by atoms with Gasteiger partial charge in [0.15, 0.2) is 0 Å². The third-order valence-corrected chi connectivity index (χ3v) is 4.54. The first-order chi connectivity index (χ1) is 13.1. The molecule has 144 valence electrons. The number of unbranched alkanes of at least 4 members (excludes halogenated alkanes) is 1. The SMILES string of the molecule is CCCCn1c(O)c(C2=NN[C@H](c3ccccc3OCC)C2)c(=O)[nH]c1=O. The van der Waals surface area contributed by atoms with Crippen molar-refractivity contribution in [3.8, 4) is 11.6 Å². The van der Waals surface area contributed by atoms with Crippen molar-refractivity contribution in [2.24, 2.45) is 5.10 Å². The Morgan fingerprint density at radius 2 is 2.07 bits per heavy atom. The lowest BCUT2D eigenvalue weighted by Crippen LogP contribution is -2.33. The lowest BCUT2D eigenvalue weighted by Gasteiger charge is -2.15. The molecular weight excluding hydrogens is 348 g/mol. The van der Waals surface area contributed by atoms with Crippen molar-refractivity contribution < 1.29 is 9.84 Å². The first-order valence-electron chi connectivity index (χ1n) is 9.17. The third kappa shape index (κ3) is 3.74.